The van der Waals surface area contributed by atoms with Gasteiger partial charge < -0.3 is 28.8 Å². The van der Waals surface area contributed by atoms with Crippen molar-refractivity contribution in [3.8, 4) is 0 Å². The van der Waals surface area contributed by atoms with Gasteiger partial charge in [0.2, 0.25) is 0 Å². The molecule has 1 N–H and O–H groups in total. The van der Waals surface area contributed by atoms with Crippen LogP contribution in [0.25, 0.3) is 0 Å². The largest absolute Gasteiger partial charge is 0.386 e. The highest BCUT2D eigenvalue weighted by atomic mass is 16.9. The van der Waals surface area contributed by atoms with E-state index < -0.39 is 36.2 Å². The molecule has 6 atom stereocenters. The number of aliphatic hydroxyl groups excluding tert-OH is 1. The molecule has 0 aromatic heterocycles. The van der Waals surface area contributed by atoms with Crippen molar-refractivity contribution in [1.29, 1.82) is 0 Å². The lowest BCUT2D eigenvalue weighted by molar-refractivity contribution is -0.247. The molecule has 3 fully saturated rings. The molecule has 0 unspecified atom stereocenters. The van der Waals surface area contributed by atoms with Gasteiger partial charge in [-0.25, -0.2) is 0 Å². The van der Waals surface area contributed by atoms with Crippen LogP contribution in [0.1, 0.15) is 27.7 Å². The van der Waals surface area contributed by atoms with Gasteiger partial charge in [0, 0.05) is 0 Å². The van der Waals surface area contributed by atoms with Crippen LogP contribution in [0.15, 0.2) is 12.7 Å². The van der Waals surface area contributed by atoms with E-state index in [1.807, 2.05) is 27.7 Å². The number of ether oxygens (including phenoxy) is 5. The molecule has 3 aliphatic rings. The van der Waals surface area contributed by atoms with Crippen LogP contribution in [-0.4, -0.2) is 53.5 Å². The van der Waals surface area contributed by atoms with Gasteiger partial charge in [0.05, 0.1) is 0 Å². The molecule has 3 heterocycles. The third-order valence-electron chi connectivity index (χ3n) is 3.77. The third kappa shape index (κ3) is 2.30. The van der Waals surface area contributed by atoms with Crippen LogP contribution < -0.4 is 0 Å². The van der Waals surface area contributed by atoms with E-state index in [1.54, 1.807) is 0 Å². The second-order valence-corrected chi connectivity index (χ2v) is 6.36. The van der Waals surface area contributed by atoms with Crippen molar-refractivity contribution in [3.05, 3.63) is 12.7 Å². The molecule has 0 spiro atoms. The van der Waals surface area contributed by atoms with Crippen molar-refractivity contribution in [2.45, 2.75) is 76.1 Å². The molecule has 0 saturated carbocycles. The monoisotopic (exact) mass is 286 g/mol. The Morgan fingerprint density at radius 1 is 0.950 bits per heavy atom. The zero-order valence-corrected chi connectivity index (χ0v) is 12.2. The second kappa shape index (κ2) is 4.50. The molecule has 0 bridgehead atoms. The van der Waals surface area contributed by atoms with E-state index >= 15 is 0 Å². The summed E-state index contributed by atoms with van der Waals surface area (Å²) in [5.74, 6) is -1.49. The Bertz CT molecular complexity index is 406. The average molecular weight is 286 g/mol. The molecular formula is C14H22O6. The van der Waals surface area contributed by atoms with Crippen LogP contribution in [0, 0.1) is 0 Å². The molecule has 0 aromatic carbocycles. The van der Waals surface area contributed by atoms with Gasteiger partial charge in [-0.05, 0) is 27.7 Å². The van der Waals surface area contributed by atoms with Gasteiger partial charge in [-0.15, -0.1) is 6.58 Å². The standard InChI is InChI=1S/C14H22O6/c1-6-7(15)8-9-10(18-13(2,3)17-9)11-12(16-8)20-14(4,5)19-11/h6-12,15H,1H2,2-5H3/t7-,8-,9+,10+,11-,12-/m1/s1. The Kier molecular flexibility index (Phi) is 3.25. The molecule has 3 saturated heterocycles. The molecule has 114 valence electrons. The Hall–Kier alpha value is -0.500. The zero-order valence-electron chi connectivity index (χ0n) is 12.2. The zero-order chi connectivity index (χ0) is 14.7. The molecule has 3 aliphatic heterocycles. The Balaban J connectivity index is 1.89. The predicted octanol–water partition coefficient (Wildman–Crippen LogP) is 0.930. The van der Waals surface area contributed by atoms with E-state index in [9.17, 15) is 5.11 Å². The van der Waals surface area contributed by atoms with Crippen LogP contribution >= 0.6 is 0 Å². The van der Waals surface area contributed by atoms with Gasteiger partial charge >= 0.3 is 0 Å². The molecule has 0 aromatic rings. The van der Waals surface area contributed by atoms with Crippen molar-refractivity contribution in [3.63, 3.8) is 0 Å². The summed E-state index contributed by atoms with van der Waals surface area (Å²) in [6.07, 6.45) is -1.72. The summed E-state index contributed by atoms with van der Waals surface area (Å²) in [4.78, 5) is 0. The maximum atomic E-state index is 10.1. The van der Waals surface area contributed by atoms with Gasteiger partial charge in [0.1, 0.15) is 30.5 Å². The van der Waals surface area contributed by atoms with Gasteiger partial charge in [-0.3, -0.25) is 0 Å². The molecule has 0 amide bonds. The molecule has 6 nitrogen and oxygen atoms in total. The Morgan fingerprint density at radius 3 is 2.15 bits per heavy atom. The topological polar surface area (TPSA) is 66.4 Å². The number of rotatable bonds is 2. The van der Waals surface area contributed by atoms with Crippen LogP contribution in [0.5, 0.6) is 0 Å². The van der Waals surface area contributed by atoms with Crippen molar-refractivity contribution in [2.24, 2.45) is 0 Å². The fraction of sp³-hybridized carbons (Fsp3) is 0.857. The van der Waals surface area contributed by atoms with Crippen molar-refractivity contribution >= 4 is 0 Å². The smallest absolute Gasteiger partial charge is 0.190 e. The lowest BCUT2D eigenvalue weighted by atomic mass is 9.95. The van der Waals surface area contributed by atoms with E-state index in [0.29, 0.717) is 0 Å². The maximum Gasteiger partial charge on any atom is 0.190 e. The van der Waals surface area contributed by atoms with E-state index in [0.717, 1.165) is 0 Å². The SMILES string of the molecule is C=C[C@@H](O)[C@H]1O[C@@H]2OC(C)(C)O[C@@H]2[C@H]2OC(C)(C)O[C@H]21. The van der Waals surface area contributed by atoms with E-state index in [1.165, 1.54) is 6.08 Å². The summed E-state index contributed by atoms with van der Waals surface area (Å²) in [6, 6.07) is 0. The highest BCUT2D eigenvalue weighted by molar-refractivity contribution is 5.04. The highest BCUT2D eigenvalue weighted by Gasteiger charge is 2.61. The van der Waals surface area contributed by atoms with Gasteiger partial charge in [0.25, 0.3) is 0 Å². The first-order valence-electron chi connectivity index (χ1n) is 6.90. The molecule has 3 rings (SSSR count). The predicted molar refractivity (Wildman–Crippen MR) is 68.7 cm³/mol. The van der Waals surface area contributed by atoms with Crippen molar-refractivity contribution < 1.29 is 28.8 Å². The lowest BCUT2D eigenvalue weighted by Gasteiger charge is -2.38. The van der Waals surface area contributed by atoms with E-state index in [2.05, 4.69) is 6.58 Å². The minimum atomic E-state index is -0.853. The molecule has 6 heteroatoms. The van der Waals surface area contributed by atoms with Crippen molar-refractivity contribution in [2.75, 3.05) is 0 Å². The summed E-state index contributed by atoms with van der Waals surface area (Å²) >= 11 is 0. The quantitative estimate of drug-likeness (QED) is 0.762. The summed E-state index contributed by atoms with van der Waals surface area (Å²) < 4.78 is 29.2. The van der Waals surface area contributed by atoms with Gasteiger partial charge in [-0.1, -0.05) is 6.08 Å². The van der Waals surface area contributed by atoms with Crippen molar-refractivity contribution in [1.82, 2.24) is 0 Å². The molecular weight excluding hydrogens is 264 g/mol. The van der Waals surface area contributed by atoms with E-state index in [4.69, 9.17) is 23.7 Å². The van der Waals surface area contributed by atoms with Crippen LogP contribution in [0.2, 0.25) is 0 Å². The number of hydrogen-bond acceptors (Lipinski definition) is 6. The summed E-state index contributed by atoms with van der Waals surface area (Å²) in [6.45, 7) is 10.9. The average Bonchev–Trinajstić information content (AvgIpc) is 2.81. The maximum absolute atomic E-state index is 10.1. The van der Waals surface area contributed by atoms with Crippen LogP contribution in [0.4, 0.5) is 0 Å². The summed E-state index contributed by atoms with van der Waals surface area (Å²) in [5, 5.41) is 10.1. The first-order valence-corrected chi connectivity index (χ1v) is 6.90. The fourth-order valence-corrected chi connectivity index (χ4v) is 3.05. The number of hydrogen-bond donors (Lipinski definition) is 1. The van der Waals surface area contributed by atoms with Gasteiger partial charge in [-0.2, -0.15) is 0 Å². The second-order valence-electron chi connectivity index (χ2n) is 6.36. The minimum absolute atomic E-state index is 0.342. The number of fused-ring (bicyclic) bond motifs is 3. The number of aliphatic hydroxyl groups is 1. The minimum Gasteiger partial charge on any atom is -0.386 e. The Labute approximate surface area is 118 Å². The van der Waals surface area contributed by atoms with Gasteiger partial charge in [0.15, 0.2) is 17.9 Å². The summed E-state index contributed by atoms with van der Waals surface area (Å²) in [5.41, 5.74) is 0. The lowest BCUT2D eigenvalue weighted by Crippen LogP contribution is -2.58. The van der Waals surface area contributed by atoms with Crippen LogP contribution in [-0.2, 0) is 23.7 Å². The molecule has 0 aliphatic carbocycles. The Morgan fingerprint density at radius 2 is 1.50 bits per heavy atom. The molecule has 20 heavy (non-hydrogen) atoms. The highest BCUT2D eigenvalue weighted by Crippen LogP contribution is 2.44. The van der Waals surface area contributed by atoms with E-state index in [-0.39, 0.29) is 12.2 Å². The fourth-order valence-electron chi connectivity index (χ4n) is 3.05. The first-order chi connectivity index (χ1) is 9.22. The molecule has 0 radical (unpaired) electrons. The summed E-state index contributed by atoms with van der Waals surface area (Å²) in [7, 11) is 0. The van der Waals surface area contributed by atoms with Crippen LogP contribution in [0.3, 0.4) is 0 Å². The first kappa shape index (κ1) is 14.4. The third-order valence-corrected chi connectivity index (χ3v) is 3.77. The normalized spacial score (nSPS) is 46.5.